The Bertz CT molecular complexity index is 362. The second-order valence-corrected chi connectivity index (χ2v) is 5.89. The molecule has 1 aliphatic carbocycles. The summed E-state index contributed by atoms with van der Waals surface area (Å²) in [6, 6.07) is 0.325. The number of aliphatic carboxylic acids is 1. The fraction of sp³-hybridized carbons (Fsp3) is 0.857. The number of rotatable bonds is 4. The molecule has 1 aliphatic heterocycles. The Morgan fingerprint density at radius 2 is 1.95 bits per heavy atom. The first-order valence-electron chi connectivity index (χ1n) is 7.31. The average molecular weight is 268 g/mol. The Balaban J connectivity index is 1.82. The molecule has 108 valence electrons. The number of carboxylic acid groups (broad SMARTS) is 1. The van der Waals surface area contributed by atoms with E-state index in [1.165, 1.54) is 0 Å². The Morgan fingerprint density at radius 3 is 2.37 bits per heavy atom. The van der Waals surface area contributed by atoms with Gasteiger partial charge < -0.3 is 15.3 Å². The van der Waals surface area contributed by atoms with Crippen LogP contribution in [0, 0.1) is 11.3 Å². The first kappa shape index (κ1) is 14.2. The number of hydrogen-bond donors (Lipinski definition) is 2. The zero-order chi connectivity index (χ0) is 14.0. The normalized spacial score (nSPS) is 28.8. The van der Waals surface area contributed by atoms with Gasteiger partial charge in [-0.1, -0.05) is 20.3 Å². The number of piperidine rings is 1. The van der Waals surface area contributed by atoms with Gasteiger partial charge in [-0.3, -0.25) is 4.79 Å². The lowest BCUT2D eigenvalue weighted by molar-refractivity contribution is -0.151. The summed E-state index contributed by atoms with van der Waals surface area (Å²) in [6.07, 6.45) is 3.97. The number of urea groups is 1. The van der Waals surface area contributed by atoms with Gasteiger partial charge in [0.2, 0.25) is 0 Å². The van der Waals surface area contributed by atoms with Crippen LogP contribution in [0.2, 0.25) is 0 Å². The molecule has 1 saturated carbocycles. The lowest BCUT2D eigenvalue weighted by Crippen LogP contribution is -2.50. The number of likely N-dealkylation sites (tertiary alicyclic amines) is 1. The smallest absolute Gasteiger partial charge is 0.317 e. The van der Waals surface area contributed by atoms with Crippen LogP contribution >= 0.6 is 0 Å². The van der Waals surface area contributed by atoms with E-state index in [1.54, 1.807) is 4.90 Å². The van der Waals surface area contributed by atoms with Crippen LogP contribution < -0.4 is 5.32 Å². The maximum atomic E-state index is 12.0. The molecule has 19 heavy (non-hydrogen) atoms. The molecule has 0 aromatic heterocycles. The van der Waals surface area contributed by atoms with E-state index >= 15 is 0 Å². The van der Waals surface area contributed by atoms with Crippen LogP contribution in [0.25, 0.3) is 0 Å². The van der Waals surface area contributed by atoms with Crippen LogP contribution in [0.3, 0.4) is 0 Å². The molecule has 0 aromatic carbocycles. The number of hydrogen-bond acceptors (Lipinski definition) is 2. The van der Waals surface area contributed by atoms with Gasteiger partial charge in [0.25, 0.3) is 0 Å². The number of carbonyl (C=O) groups excluding carboxylic acids is 1. The molecule has 2 unspecified atom stereocenters. The first-order chi connectivity index (χ1) is 9.02. The van der Waals surface area contributed by atoms with E-state index in [1.807, 2.05) is 6.92 Å². The monoisotopic (exact) mass is 268 g/mol. The molecule has 0 spiro atoms. The topological polar surface area (TPSA) is 69.6 Å². The maximum absolute atomic E-state index is 12.0. The molecule has 0 bridgehead atoms. The fourth-order valence-electron chi connectivity index (χ4n) is 2.98. The third-order valence-corrected chi connectivity index (χ3v) is 4.89. The summed E-state index contributed by atoms with van der Waals surface area (Å²) in [5.74, 6) is -0.0780. The van der Waals surface area contributed by atoms with Crippen molar-refractivity contribution in [2.45, 2.75) is 52.0 Å². The number of amides is 2. The summed E-state index contributed by atoms with van der Waals surface area (Å²) >= 11 is 0. The number of carbonyl (C=O) groups is 2. The van der Waals surface area contributed by atoms with E-state index in [-0.39, 0.29) is 6.03 Å². The lowest BCUT2D eigenvalue weighted by Gasteiger charge is -2.38. The predicted molar refractivity (Wildman–Crippen MR) is 71.9 cm³/mol. The third-order valence-electron chi connectivity index (χ3n) is 4.89. The average Bonchev–Trinajstić information content (AvgIpc) is 3.16. The Hall–Kier alpha value is -1.26. The summed E-state index contributed by atoms with van der Waals surface area (Å²) < 4.78 is 0. The molecular formula is C14H24N2O3. The summed E-state index contributed by atoms with van der Waals surface area (Å²) in [4.78, 5) is 25.1. The summed E-state index contributed by atoms with van der Waals surface area (Å²) in [7, 11) is 0. The molecule has 0 radical (unpaired) electrons. The minimum Gasteiger partial charge on any atom is -0.481 e. The van der Waals surface area contributed by atoms with Gasteiger partial charge in [0.15, 0.2) is 0 Å². The van der Waals surface area contributed by atoms with Gasteiger partial charge in [-0.05, 0) is 31.6 Å². The second-order valence-electron chi connectivity index (χ2n) is 5.89. The van der Waals surface area contributed by atoms with Gasteiger partial charge in [-0.25, -0.2) is 4.79 Å². The third kappa shape index (κ3) is 2.85. The van der Waals surface area contributed by atoms with Crippen molar-refractivity contribution < 1.29 is 14.7 Å². The van der Waals surface area contributed by atoms with E-state index in [4.69, 9.17) is 0 Å². The SMILES string of the molecule is CCC1CC1NC(=O)N1CCC(CC)(C(=O)O)CC1. The number of nitrogens with one attached hydrogen (secondary N) is 1. The van der Waals surface area contributed by atoms with Crippen LogP contribution in [0.4, 0.5) is 4.79 Å². The highest BCUT2D eigenvalue weighted by atomic mass is 16.4. The molecule has 2 atom stereocenters. The second kappa shape index (κ2) is 5.39. The molecule has 5 nitrogen and oxygen atoms in total. The molecule has 2 rings (SSSR count). The number of nitrogens with zero attached hydrogens (tertiary/aromatic N) is 1. The zero-order valence-electron chi connectivity index (χ0n) is 11.8. The zero-order valence-corrected chi connectivity index (χ0v) is 11.8. The van der Waals surface area contributed by atoms with E-state index in [0.29, 0.717) is 44.3 Å². The van der Waals surface area contributed by atoms with Crippen LogP contribution in [-0.2, 0) is 4.79 Å². The van der Waals surface area contributed by atoms with E-state index in [0.717, 1.165) is 12.8 Å². The van der Waals surface area contributed by atoms with Crippen molar-refractivity contribution in [3.63, 3.8) is 0 Å². The highest BCUT2D eigenvalue weighted by Gasteiger charge is 2.42. The predicted octanol–water partition coefficient (Wildman–Crippen LogP) is 2.07. The van der Waals surface area contributed by atoms with Crippen molar-refractivity contribution in [3.8, 4) is 0 Å². The van der Waals surface area contributed by atoms with E-state index < -0.39 is 11.4 Å². The van der Waals surface area contributed by atoms with Crippen molar-refractivity contribution >= 4 is 12.0 Å². The minimum atomic E-state index is -0.719. The van der Waals surface area contributed by atoms with Gasteiger partial charge >= 0.3 is 12.0 Å². The molecule has 0 aromatic rings. The Morgan fingerprint density at radius 1 is 1.32 bits per heavy atom. The maximum Gasteiger partial charge on any atom is 0.317 e. The molecule has 1 saturated heterocycles. The highest BCUT2D eigenvalue weighted by Crippen LogP contribution is 2.36. The fourth-order valence-corrected chi connectivity index (χ4v) is 2.98. The highest BCUT2D eigenvalue weighted by molar-refractivity contribution is 5.77. The quantitative estimate of drug-likeness (QED) is 0.820. The molecule has 2 aliphatic rings. The van der Waals surface area contributed by atoms with E-state index in [9.17, 15) is 14.7 Å². The van der Waals surface area contributed by atoms with Gasteiger partial charge in [0.05, 0.1) is 5.41 Å². The van der Waals surface area contributed by atoms with Crippen molar-refractivity contribution in [1.82, 2.24) is 10.2 Å². The van der Waals surface area contributed by atoms with Crippen LogP contribution in [0.15, 0.2) is 0 Å². The molecule has 5 heteroatoms. The molecule has 1 heterocycles. The van der Waals surface area contributed by atoms with E-state index in [2.05, 4.69) is 12.2 Å². The Labute approximate surface area is 114 Å². The van der Waals surface area contributed by atoms with Crippen molar-refractivity contribution in [2.75, 3.05) is 13.1 Å². The molecule has 2 fully saturated rings. The lowest BCUT2D eigenvalue weighted by atomic mass is 9.76. The van der Waals surface area contributed by atoms with Gasteiger partial charge in [-0.15, -0.1) is 0 Å². The van der Waals surface area contributed by atoms with Crippen LogP contribution in [0.5, 0.6) is 0 Å². The van der Waals surface area contributed by atoms with Crippen LogP contribution in [-0.4, -0.2) is 41.1 Å². The first-order valence-corrected chi connectivity index (χ1v) is 7.31. The van der Waals surface area contributed by atoms with Gasteiger partial charge in [0, 0.05) is 19.1 Å². The largest absolute Gasteiger partial charge is 0.481 e. The molecule has 2 amide bonds. The summed E-state index contributed by atoms with van der Waals surface area (Å²) in [5, 5.41) is 12.4. The van der Waals surface area contributed by atoms with Gasteiger partial charge in [-0.2, -0.15) is 0 Å². The summed E-state index contributed by atoms with van der Waals surface area (Å²) in [5.41, 5.74) is -0.623. The Kier molecular flexibility index (Phi) is 4.02. The number of carboxylic acids is 1. The standard InChI is InChI=1S/C14H24N2O3/c1-3-10-9-11(10)15-13(19)16-7-5-14(4-2,6-8-16)12(17)18/h10-11H,3-9H2,1-2H3,(H,15,19)(H,17,18). The molecular weight excluding hydrogens is 244 g/mol. The minimum absolute atomic E-state index is 0.0176. The summed E-state index contributed by atoms with van der Waals surface area (Å²) in [6.45, 7) is 5.16. The van der Waals surface area contributed by atoms with Crippen LogP contribution in [0.1, 0.15) is 46.0 Å². The van der Waals surface area contributed by atoms with Crippen molar-refractivity contribution in [2.24, 2.45) is 11.3 Å². The van der Waals surface area contributed by atoms with Gasteiger partial charge in [0.1, 0.15) is 0 Å². The molecule has 2 N–H and O–H groups in total. The van der Waals surface area contributed by atoms with Crippen molar-refractivity contribution in [3.05, 3.63) is 0 Å². The van der Waals surface area contributed by atoms with Crippen molar-refractivity contribution in [1.29, 1.82) is 0 Å².